The number of aromatic hydroxyl groups is 1. The molecule has 0 saturated heterocycles. The lowest BCUT2D eigenvalue weighted by atomic mass is 10.0. The fourth-order valence-corrected chi connectivity index (χ4v) is 2.58. The van der Waals surface area contributed by atoms with Crippen LogP contribution in [0.25, 0.3) is 6.08 Å². The molecule has 24 heavy (non-hydrogen) atoms. The number of unbranched alkanes of at least 4 members (excludes halogenated alkanes) is 2. The molecule has 3 heteroatoms. The number of carbonyl (C=O) groups excluding carboxylic acids is 1. The van der Waals surface area contributed by atoms with E-state index in [1.807, 2.05) is 0 Å². The summed E-state index contributed by atoms with van der Waals surface area (Å²) in [6, 6.07) is 13.1. The molecule has 0 bridgehead atoms. The summed E-state index contributed by atoms with van der Waals surface area (Å²) >= 11 is 0. The Morgan fingerprint density at radius 2 is 1.96 bits per heavy atom. The Labute approximate surface area is 144 Å². The van der Waals surface area contributed by atoms with E-state index in [1.54, 1.807) is 30.3 Å². The van der Waals surface area contributed by atoms with Crippen molar-refractivity contribution in [2.24, 2.45) is 0 Å². The molecule has 0 aliphatic rings. The Bertz CT molecular complexity index is 720. The van der Waals surface area contributed by atoms with Gasteiger partial charge in [-0.25, -0.2) is 0 Å². The van der Waals surface area contributed by atoms with Crippen molar-refractivity contribution >= 4 is 17.7 Å². The van der Waals surface area contributed by atoms with Crippen molar-refractivity contribution in [3.8, 4) is 5.75 Å². The van der Waals surface area contributed by atoms with Crippen LogP contribution in [0.15, 0.2) is 48.5 Å². The zero-order valence-electron chi connectivity index (χ0n) is 14.4. The van der Waals surface area contributed by atoms with Gasteiger partial charge in [0.1, 0.15) is 5.75 Å². The first-order chi connectivity index (χ1) is 11.6. The number of amides is 1. The quantitative estimate of drug-likeness (QED) is 0.424. The van der Waals surface area contributed by atoms with E-state index in [0.717, 1.165) is 17.5 Å². The molecule has 2 aromatic carbocycles. The van der Waals surface area contributed by atoms with Crippen LogP contribution in [-0.2, 0) is 11.2 Å². The van der Waals surface area contributed by atoms with E-state index in [1.165, 1.54) is 30.9 Å². The Balaban J connectivity index is 1.98. The number of carbonyl (C=O) groups is 1. The van der Waals surface area contributed by atoms with E-state index < -0.39 is 0 Å². The van der Waals surface area contributed by atoms with Crippen LogP contribution in [0.2, 0.25) is 0 Å². The summed E-state index contributed by atoms with van der Waals surface area (Å²) in [5.41, 5.74) is 3.95. The highest BCUT2D eigenvalue weighted by Gasteiger charge is 2.03. The molecule has 2 N–H and O–H groups in total. The van der Waals surface area contributed by atoms with Crippen molar-refractivity contribution < 1.29 is 9.90 Å². The van der Waals surface area contributed by atoms with Crippen LogP contribution in [0.4, 0.5) is 5.69 Å². The number of anilines is 1. The van der Waals surface area contributed by atoms with Gasteiger partial charge in [0.25, 0.3) is 0 Å². The molecule has 0 unspecified atom stereocenters. The van der Waals surface area contributed by atoms with Crippen molar-refractivity contribution in [3.63, 3.8) is 0 Å². The van der Waals surface area contributed by atoms with Crippen molar-refractivity contribution in [1.82, 2.24) is 0 Å². The Morgan fingerprint density at radius 1 is 1.17 bits per heavy atom. The standard InChI is InChI=1S/C21H25NO2/c1-3-4-5-8-17-11-12-18(16(2)15-17)13-14-21(24)22-19-9-6-7-10-20(19)23/h6-7,9-15,23H,3-5,8H2,1-2H3,(H,22,24). The minimum absolute atomic E-state index is 0.0619. The van der Waals surface area contributed by atoms with E-state index >= 15 is 0 Å². The molecule has 3 nitrogen and oxygen atoms in total. The van der Waals surface area contributed by atoms with Gasteiger partial charge in [-0.05, 0) is 54.7 Å². The molecule has 0 aliphatic heterocycles. The highest BCUT2D eigenvalue weighted by atomic mass is 16.3. The van der Waals surface area contributed by atoms with E-state index in [9.17, 15) is 9.90 Å². The summed E-state index contributed by atoms with van der Waals surface area (Å²) in [6.45, 7) is 4.27. The van der Waals surface area contributed by atoms with Gasteiger partial charge < -0.3 is 10.4 Å². The van der Waals surface area contributed by atoms with Crippen molar-refractivity contribution in [2.75, 3.05) is 5.32 Å². The first-order valence-electron chi connectivity index (χ1n) is 8.46. The van der Waals surface area contributed by atoms with Crippen LogP contribution in [0.1, 0.15) is 42.9 Å². The van der Waals surface area contributed by atoms with Gasteiger partial charge in [-0.3, -0.25) is 4.79 Å². The van der Waals surface area contributed by atoms with E-state index in [0.29, 0.717) is 5.69 Å². The zero-order chi connectivity index (χ0) is 17.4. The summed E-state index contributed by atoms with van der Waals surface area (Å²) in [5.74, 6) is -0.199. The second-order valence-corrected chi connectivity index (χ2v) is 5.99. The van der Waals surface area contributed by atoms with Crippen molar-refractivity contribution in [1.29, 1.82) is 0 Å². The summed E-state index contributed by atoms with van der Waals surface area (Å²) in [5, 5.41) is 12.3. The fourth-order valence-electron chi connectivity index (χ4n) is 2.58. The summed E-state index contributed by atoms with van der Waals surface area (Å²) in [6.07, 6.45) is 8.10. The van der Waals surface area contributed by atoms with Crippen LogP contribution in [0, 0.1) is 6.92 Å². The first kappa shape index (κ1) is 17.8. The maximum absolute atomic E-state index is 12.0. The van der Waals surface area contributed by atoms with Crippen LogP contribution in [0.3, 0.4) is 0 Å². The molecular weight excluding hydrogens is 298 g/mol. The minimum Gasteiger partial charge on any atom is -0.506 e. The third-order valence-electron chi connectivity index (χ3n) is 3.98. The number of nitrogens with one attached hydrogen (secondary N) is 1. The molecule has 0 saturated carbocycles. The minimum atomic E-state index is -0.261. The van der Waals surface area contributed by atoms with Gasteiger partial charge in [0, 0.05) is 6.08 Å². The van der Waals surface area contributed by atoms with Crippen LogP contribution in [-0.4, -0.2) is 11.0 Å². The van der Waals surface area contributed by atoms with Gasteiger partial charge in [-0.1, -0.05) is 50.1 Å². The summed E-state index contributed by atoms with van der Waals surface area (Å²) in [4.78, 5) is 12.0. The number of rotatable bonds is 7. The van der Waals surface area contributed by atoms with Crippen molar-refractivity contribution in [3.05, 3.63) is 65.2 Å². The summed E-state index contributed by atoms with van der Waals surface area (Å²) < 4.78 is 0. The van der Waals surface area contributed by atoms with Crippen LogP contribution in [0.5, 0.6) is 5.75 Å². The SMILES string of the molecule is CCCCCc1ccc(C=CC(=O)Nc2ccccc2O)c(C)c1. The number of hydrogen-bond donors (Lipinski definition) is 2. The predicted octanol–water partition coefficient (Wildman–Crippen LogP) is 5.09. The third kappa shape index (κ3) is 5.27. The third-order valence-corrected chi connectivity index (χ3v) is 3.98. The van der Waals surface area contributed by atoms with E-state index in [-0.39, 0.29) is 11.7 Å². The topological polar surface area (TPSA) is 49.3 Å². The number of phenolic OH excluding ortho intramolecular Hbond substituents is 1. The molecule has 0 radical (unpaired) electrons. The molecule has 0 fully saturated rings. The van der Waals surface area contributed by atoms with Crippen LogP contribution < -0.4 is 5.32 Å². The lowest BCUT2D eigenvalue weighted by molar-refractivity contribution is -0.111. The van der Waals surface area contributed by atoms with Crippen LogP contribution >= 0.6 is 0 Å². The average molecular weight is 323 g/mol. The second kappa shape index (κ2) is 8.92. The molecule has 2 aromatic rings. The molecule has 126 valence electrons. The van der Waals surface area contributed by atoms with Gasteiger partial charge >= 0.3 is 0 Å². The second-order valence-electron chi connectivity index (χ2n) is 5.99. The fraction of sp³-hybridized carbons (Fsp3) is 0.286. The van der Waals surface area contributed by atoms with Gasteiger partial charge in [-0.2, -0.15) is 0 Å². The lowest BCUT2D eigenvalue weighted by Crippen LogP contribution is -2.07. The van der Waals surface area contributed by atoms with E-state index in [2.05, 4.69) is 37.4 Å². The number of hydrogen-bond acceptors (Lipinski definition) is 2. The first-order valence-corrected chi connectivity index (χ1v) is 8.46. The largest absolute Gasteiger partial charge is 0.506 e. The number of benzene rings is 2. The molecular formula is C21H25NO2. The number of phenols is 1. The van der Waals surface area contributed by atoms with E-state index in [4.69, 9.17) is 0 Å². The molecule has 0 heterocycles. The van der Waals surface area contributed by atoms with Gasteiger partial charge in [0.15, 0.2) is 0 Å². The van der Waals surface area contributed by atoms with Crippen molar-refractivity contribution in [2.45, 2.75) is 39.5 Å². The highest BCUT2D eigenvalue weighted by molar-refractivity contribution is 6.02. The normalized spacial score (nSPS) is 10.9. The predicted molar refractivity (Wildman–Crippen MR) is 100 cm³/mol. The molecule has 1 amide bonds. The zero-order valence-corrected chi connectivity index (χ0v) is 14.4. The molecule has 0 spiro atoms. The Hall–Kier alpha value is -2.55. The monoisotopic (exact) mass is 323 g/mol. The molecule has 0 aromatic heterocycles. The van der Waals surface area contributed by atoms with Gasteiger partial charge in [0.2, 0.25) is 5.91 Å². The highest BCUT2D eigenvalue weighted by Crippen LogP contribution is 2.21. The maximum atomic E-state index is 12.0. The molecule has 0 atom stereocenters. The molecule has 2 rings (SSSR count). The maximum Gasteiger partial charge on any atom is 0.248 e. The number of para-hydroxylation sites is 2. The average Bonchev–Trinajstić information content (AvgIpc) is 2.56. The number of aryl methyl sites for hydroxylation is 2. The Morgan fingerprint density at radius 3 is 2.67 bits per heavy atom. The molecule has 0 aliphatic carbocycles. The Kier molecular flexibility index (Phi) is 6.62. The smallest absolute Gasteiger partial charge is 0.248 e. The van der Waals surface area contributed by atoms with Gasteiger partial charge in [0.05, 0.1) is 5.69 Å². The lowest BCUT2D eigenvalue weighted by Gasteiger charge is -2.06. The van der Waals surface area contributed by atoms with Gasteiger partial charge in [-0.15, -0.1) is 0 Å². The summed E-state index contributed by atoms with van der Waals surface area (Å²) in [7, 11) is 0.